The number of methoxy groups -OCH3 is 1. The zero-order chi connectivity index (χ0) is 21.6. The monoisotopic (exact) mass is 437 g/mol. The van der Waals surface area contributed by atoms with Crippen molar-refractivity contribution in [3.63, 3.8) is 0 Å². The van der Waals surface area contributed by atoms with Gasteiger partial charge in [-0.15, -0.1) is 0 Å². The maximum absolute atomic E-state index is 12.6. The summed E-state index contributed by atoms with van der Waals surface area (Å²) >= 11 is 6.22. The van der Waals surface area contributed by atoms with Crippen LogP contribution in [0, 0.1) is 0 Å². The van der Waals surface area contributed by atoms with Crippen LogP contribution in [-0.2, 0) is 0 Å². The van der Waals surface area contributed by atoms with Gasteiger partial charge in [0.2, 0.25) is 5.95 Å². The molecule has 0 radical (unpaired) electrons. The molecule has 2 aromatic carbocycles. The Morgan fingerprint density at radius 2 is 1.94 bits per heavy atom. The van der Waals surface area contributed by atoms with E-state index in [-0.39, 0.29) is 11.9 Å². The van der Waals surface area contributed by atoms with Crippen LogP contribution in [0.5, 0.6) is 5.75 Å². The zero-order valence-corrected chi connectivity index (χ0v) is 18.0. The topological polar surface area (TPSA) is 79.4 Å². The number of aromatic nitrogens is 2. The Morgan fingerprint density at radius 3 is 2.71 bits per heavy atom. The average Bonchev–Trinajstić information content (AvgIpc) is 2.81. The summed E-state index contributed by atoms with van der Waals surface area (Å²) < 4.78 is 5.20. The van der Waals surface area contributed by atoms with Gasteiger partial charge < -0.3 is 20.3 Å². The van der Waals surface area contributed by atoms with Gasteiger partial charge in [0.25, 0.3) is 5.91 Å². The number of ether oxygens (including phenoxy) is 1. The van der Waals surface area contributed by atoms with E-state index in [9.17, 15) is 4.79 Å². The molecule has 1 aliphatic heterocycles. The van der Waals surface area contributed by atoms with E-state index in [1.807, 2.05) is 42.5 Å². The number of carbonyl (C=O) groups is 1. The largest absolute Gasteiger partial charge is 0.497 e. The first-order chi connectivity index (χ1) is 15.1. The Bertz CT molecular complexity index is 1050. The van der Waals surface area contributed by atoms with Crippen molar-refractivity contribution in [2.75, 3.05) is 30.4 Å². The summed E-state index contributed by atoms with van der Waals surface area (Å²) in [4.78, 5) is 23.7. The fourth-order valence-electron chi connectivity index (χ4n) is 3.53. The van der Waals surface area contributed by atoms with Gasteiger partial charge in [-0.05, 0) is 49.2 Å². The number of hydrogen-bond donors (Lipinski definition) is 2. The normalized spacial score (nSPS) is 14.2. The highest BCUT2D eigenvalue weighted by atomic mass is 35.5. The lowest BCUT2D eigenvalue weighted by atomic mass is 10.0. The Balaban J connectivity index is 1.34. The smallest absolute Gasteiger partial charge is 0.251 e. The summed E-state index contributed by atoms with van der Waals surface area (Å²) in [5, 5.41) is 6.99. The molecule has 8 heteroatoms. The lowest BCUT2D eigenvalue weighted by Crippen LogP contribution is -2.45. The van der Waals surface area contributed by atoms with Crippen LogP contribution in [0.15, 0.2) is 60.8 Å². The lowest BCUT2D eigenvalue weighted by molar-refractivity contribution is 0.0930. The molecule has 1 saturated heterocycles. The van der Waals surface area contributed by atoms with E-state index in [0.29, 0.717) is 28.1 Å². The summed E-state index contributed by atoms with van der Waals surface area (Å²) in [5.74, 6) is 1.94. The third-order valence-electron chi connectivity index (χ3n) is 5.22. The summed E-state index contributed by atoms with van der Waals surface area (Å²) in [7, 11) is 1.59. The molecule has 2 N–H and O–H groups in total. The third kappa shape index (κ3) is 5.24. The van der Waals surface area contributed by atoms with Crippen LogP contribution in [0.4, 0.5) is 17.5 Å². The standard InChI is InChI=1S/C23H24ClN5O2/c1-31-18-6-4-5-16(15-18)22(30)26-17-10-13-29(14-11-17)23-25-12-9-21(28-23)27-20-8-3-2-7-19(20)24/h2-9,12,15,17H,10-11,13-14H2,1H3,(H,26,30)(H,25,27,28). The van der Waals surface area contributed by atoms with Crippen molar-refractivity contribution in [1.82, 2.24) is 15.3 Å². The molecule has 1 aliphatic rings. The van der Waals surface area contributed by atoms with E-state index in [2.05, 4.69) is 25.5 Å². The maximum Gasteiger partial charge on any atom is 0.251 e. The van der Waals surface area contributed by atoms with E-state index in [0.717, 1.165) is 31.6 Å². The van der Waals surface area contributed by atoms with Gasteiger partial charge in [-0.25, -0.2) is 4.98 Å². The van der Waals surface area contributed by atoms with E-state index in [4.69, 9.17) is 16.3 Å². The van der Waals surface area contributed by atoms with Gasteiger partial charge in [0.1, 0.15) is 11.6 Å². The zero-order valence-electron chi connectivity index (χ0n) is 17.2. The summed E-state index contributed by atoms with van der Waals surface area (Å²) in [6.45, 7) is 1.53. The molecule has 1 amide bonds. The molecule has 4 rings (SSSR count). The fraction of sp³-hybridized carbons (Fsp3) is 0.261. The second-order valence-electron chi connectivity index (χ2n) is 7.31. The lowest BCUT2D eigenvalue weighted by Gasteiger charge is -2.32. The Labute approximate surface area is 186 Å². The highest BCUT2D eigenvalue weighted by Gasteiger charge is 2.23. The van der Waals surface area contributed by atoms with Crippen molar-refractivity contribution in [1.29, 1.82) is 0 Å². The Morgan fingerprint density at radius 1 is 1.13 bits per heavy atom. The predicted molar refractivity (Wildman–Crippen MR) is 122 cm³/mol. The van der Waals surface area contributed by atoms with Gasteiger partial charge in [-0.1, -0.05) is 29.8 Å². The van der Waals surface area contributed by atoms with E-state index in [1.165, 1.54) is 0 Å². The molecule has 31 heavy (non-hydrogen) atoms. The van der Waals surface area contributed by atoms with Crippen LogP contribution < -0.4 is 20.3 Å². The number of halogens is 1. The third-order valence-corrected chi connectivity index (χ3v) is 5.55. The number of anilines is 3. The van der Waals surface area contributed by atoms with Crippen molar-refractivity contribution >= 4 is 35.0 Å². The maximum atomic E-state index is 12.6. The molecule has 1 aromatic heterocycles. The van der Waals surface area contributed by atoms with Crippen LogP contribution in [0.3, 0.4) is 0 Å². The summed E-state index contributed by atoms with van der Waals surface area (Å²) in [5.41, 5.74) is 1.40. The summed E-state index contributed by atoms with van der Waals surface area (Å²) in [6.07, 6.45) is 3.38. The SMILES string of the molecule is COc1cccc(C(=O)NC2CCN(c3nccc(Nc4ccccc4Cl)n3)CC2)c1. The first-order valence-corrected chi connectivity index (χ1v) is 10.5. The first-order valence-electron chi connectivity index (χ1n) is 10.2. The molecule has 0 atom stereocenters. The van der Waals surface area contributed by atoms with Gasteiger partial charge in [0.15, 0.2) is 0 Å². The second kappa shape index (κ2) is 9.66. The van der Waals surface area contributed by atoms with Crippen LogP contribution in [0.25, 0.3) is 0 Å². The molecule has 0 bridgehead atoms. The number of nitrogens with one attached hydrogen (secondary N) is 2. The second-order valence-corrected chi connectivity index (χ2v) is 7.72. The molecule has 0 spiro atoms. The number of benzene rings is 2. The van der Waals surface area contributed by atoms with Gasteiger partial charge in [0.05, 0.1) is 17.8 Å². The van der Waals surface area contributed by atoms with Gasteiger partial charge in [-0.3, -0.25) is 4.79 Å². The molecule has 3 aromatic rings. The number of piperidine rings is 1. The average molecular weight is 438 g/mol. The molecule has 0 unspecified atom stereocenters. The molecular weight excluding hydrogens is 414 g/mol. The first kappa shape index (κ1) is 20.9. The minimum absolute atomic E-state index is 0.0838. The molecular formula is C23H24ClN5O2. The molecule has 1 fully saturated rings. The van der Waals surface area contributed by atoms with E-state index >= 15 is 0 Å². The fourth-order valence-corrected chi connectivity index (χ4v) is 3.71. The minimum Gasteiger partial charge on any atom is -0.497 e. The van der Waals surface area contributed by atoms with Crippen molar-refractivity contribution in [2.24, 2.45) is 0 Å². The molecule has 160 valence electrons. The minimum atomic E-state index is -0.0838. The highest BCUT2D eigenvalue weighted by Crippen LogP contribution is 2.25. The van der Waals surface area contributed by atoms with Gasteiger partial charge >= 0.3 is 0 Å². The quantitative estimate of drug-likeness (QED) is 0.599. The molecule has 7 nitrogen and oxygen atoms in total. The van der Waals surface area contributed by atoms with Crippen molar-refractivity contribution in [3.8, 4) is 5.75 Å². The summed E-state index contributed by atoms with van der Waals surface area (Å²) in [6, 6.07) is 16.6. The van der Waals surface area contributed by atoms with Gasteiger partial charge in [-0.2, -0.15) is 4.98 Å². The number of rotatable bonds is 6. The van der Waals surface area contributed by atoms with Crippen LogP contribution in [0.2, 0.25) is 5.02 Å². The van der Waals surface area contributed by atoms with Crippen molar-refractivity contribution in [3.05, 3.63) is 71.4 Å². The number of hydrogen-bond acceptors (Lipinski definition) is 6. The molecule has 2 heterocycles. The highest BCUT2D eigenvalue weighted by molar-refractivity contribution is 6.33. The van der Waals surface area contributed by atoms with Crippen molar-refractivity contribution < 1.29 is 9.53 Å². The predicted octanol–water partition coefficient (Wildman–Crippen LogP) is 4.28. The van der Waals surface area contributed by atoms with Crippen LogP contribution in [-0.4, -0.2) is 42.1 Å². The van der Waals surface area contributed by atoms with Gasteiger partial charge in [0, 0.05) is 30.9 Å². The molecule has 0 aliphatic carbocycles. The van der Waals surface area contributed by atoms with Crippen molar-refractivity contribution in [2.45, 2.75) is 18.9 Å². The number of carbonyl (C=O) groups excluding carboxylic acids is 1. The Kier molecular flexibility index (Phi) is 6.52. The van der Waals surface area contributed by atoms with E-state index < -0.39 is 0 Å². The number of amides is 1. The van der Waals surface area contributed by atoms with Crippen LogP contribution in [0.1, 0.15) is 23.2 Å². The molecule has 0 saturated carbocycles. The number of nitrogens with zero attached hydrogens (tertiary/aromatic N) is 3. The van der Waals surface area contributed by atoms with E-state index in [1.54, 1.807) is 25.4 Å². The Hall–Kier alpha value is -3.32. The number of para-hydroxylation sites is 1. The van der Waals surface area contributed by atoms with Crippen LogP contribution >= 0.6 is 11.6 Å².